The van der Waals surface area contributed by atoms with E-state index in [1.165, 1.54) is 18.6 Å². The Labute approximate surface area is 132 Å². The van der Waals surface area contributed by atoms with E-state index in [1.54, 1.807) is 12.1 Å². The minimum absolute atomic E-state index is 0.453. The first-order chi connectivity index (χ1) is 10.1. The third-order valence-electron chi connectivity index (χ3n) is 3.32. The molecule has 118 valence electrons. The van der Waals surface area contributed by atoms with Crippen molar-refractivity contribution in [2.24, 2.45) is 0 Å². The number of allylic oxidation sites excluding steroid dienone is 2. The average molecular weight is 335 g/mol. The Morgan fingerprint density at radius 3 is 2.43 bits per heavy atom. The van der Waals surface area contributed by atoms with Crippen molar-refractivity contribution in [1.82, 2.24) is 0 Å². The standard InChI is InChI=1S/C16H22ClF3Si/c17-12-8-4-2-1-3-5-9-13-21-15-11-7-6-10-14(15)16(18,19)20/h5-7,9-11H,1-4,8,12-13,21H2. The second-order valence-electron chi connectivity index (χ2n) is 5.06. The molecule has 0 amide bonds. The van der Waals surface area contributed by atoms with Gasteiger partial charge in [-0.3, -0.25) is 0 Å². The van der Waals surface area contributed by atoms with Crippen LogP contribution in [0.3, 0.4) is 0 Å². The van der Waals surface area contributed by atoms with E-state index in [-0.39, 0.29) is 0 Å². The summed E-state index contributed by atoms with van der Waals surface area (Å²) in [4.78, 5) is 0. The Morgan fingerprint density at radius 1 is 1.00 bits per heavy atom. The van der Waals surface area contributed by atoms with Gasteiger partial charge in [0.05, 0.1) is 15.1 Å². The number of benzene rings is 1. The molecule has 1 aromatic rings. The van der Waals surface area contributed by atoms with Crippen molar-refractivity contribution in [3.05, 3.63) is 42.0 Å². The SMILES string of the molecule is FC(F)(F)c1ccccc1[SiH2]CC=CCCCCCCCl. The predicted molar refractivity (Wildman–Crippen MR) is 87.4 cm³/mol. The summed E-state index contributed by atoms with van der Waals surface area (Å²) >= 11 is 5.60. The first kappa shape index (κ1) is 18.3. The van der Waals surface area contributed by atoms with Crippen molar-refractivity contribution in [1.29, 1.82) is 0 Å². The van der Waals surface area contributed by atoms with Crippen LogP contribution in [0.25, 0.3) is 0 Å². The molecule has 0 saturated carbocycles. The molecular weight excluding hydrogens is 313 g/mol. The number of hydrogen-bond acceptors (Lipinski definition) is 0. The van der Waals surface area contributed by atoms with Crippen LogP contribution < -0.4 is 5.19 Å². The molecule has 0 nitrogen and oxygen atoms in total. The molecule has 0 aromatic heterocycles. The molecule has 0 N–H and O–H groups in total. The lowest BCUT2D eigenvalue weighted by Crippen LogP contribution is -2.24. The molecule has 5 heteroatoms. The lowest BCUT2D eigenvalue weighted by atomic mass is 10.1. The molecule has 0 saturated heterocycles. The monoisotopic (exact) mass is 334 g/mol. The summed E-state index contributed by atoms with van der Waals surface area (Å²) in [6.45, 7) is 0. The van der Waals surface area contributed by atoms with Gasteiger partial charge in [-0.15, -0.1) is 11.6 Å². The zero-order valence-corrected chi connectivity index (χ0v) is 14.3. The largest absolute Gasteiger partial charge is 0.416 e. The van der Waals surface area contributed by atoms with Crippen molar-refractivity contribution >= 4 is 26.3 Å². The van der Waals surface area contributed by atoms with Gasteiger partial charge in [-0.05, 0) is 25.3 Å². The lowest BCUT2D eigenvalue weighted by molar-refractivity contribution is -0.136. The van der Waals surface area contributed by atoms with Gasteiger partial charge in [-0.25, -0.2) is 0 Å². The summed E-state index contributed by atoms with van der Waals surface area (Å²) in [7, 11) is -0.892. The van der Waals surface area contributed by atoms with Gasteiger partial charge >= 0.3 is 6.18 Å². The van der Waals surface area contributed by atoms with Crippen LogP contribution in [-0.4, -0.2) is 15.4 Å². The molecule has 0 aliphatic rings. The number of hydrogen-bond donors (Lipinski definition) is 0. The summed E-state index contributed by atoms with van der Waals surface area (Å²) in [6, 6.07) is 6.74. The van der Waals surface area contributed by atoms with E-state index in [0.717, 1.165) is 37.6 Å². The second kappa shape index (κ2) is 10.1. The maximum atomic E-state index is 12.8. The Kier molecular flexibility index (Phi) is 8.77. The maximum Gasteiger partial charge on any atom is 0.416 e. The topological polar surface area (TPSA) is 0 Å². The van der Waals surface area contributed by atoms with Crippen molar-refractivity contribution < 1.29 is 13.2 Å². The second-order valence-corrected chi connectivity index (χ2v) is 7.27. The van der Waals surface area contributed by atoms with Gasteiger partial charge in [0.1, 0.15) is 0 Å². The minimum Gasteiger partial charge on any atom is -0.166 e. The quantitative estimate of drug-likeness (QED) is 0.266. The van der Waals surface area contributed by atoms with Gasteiger partial charge < -0.3 is 0 Å². The zero-order chi connectivity index (χ0) is 15.6. The number of unbranched alkanes of at least 4 members (excludes halogenated alkanes) is 4. The molecule has 0 bridgehead atoms. The Balaban J connectivity index is 2.30. The van der Waals surface area contributed by atoms with E-state index < -0.39 is 21.3 Å². The molecule has 21 heavy (non-hydrogen) atoms. The third kappa shape index (κ3) is 7.72. The van der Waals surface area contributed by atoms with E-state index in [4.69, 9.17) is 11.6 Å². The molecule has 0 aliphatic heterocycles. The van der Waals surface area contributed by atoms with Crippen LogP contribution in [-0.2, 0) is 6.18 Å². The highest BCUT2D eigenvalue weighted by atomic mass is 35.5. The number of halogens is 4. The van der Waals surface area contributed by atoms with Gasteiger partial charge in [0.25, 0.3) is 0 Å². The Hall–Kier alpha value is -0.743. The third-order valence-corrected chi connectivity index (χ3v) is 5.37. The molecule has 0 spiro atoms. The Morgan fingerprint density at radius 2 is 1.71 bits per heavy atom. The average Bonchev–Trinajstić information content (AvgIpc) is 2.45. The summed E-state index contributed by atoms with van der Waals surface area (Å²) in [5.41, 5.74) is -0.453. The highest BCUT2D eigenvalue weighted by molar-refractivity contribution is 6.54. The molecule has 0 atom stereocenters. The van der Waals surface area contributed by atoms with Gasteiger partial charge in [0.2, 0.25) is 0 Å². The van der Waals surface area contributed by atoms with E-state index >= 15 is 0 Å². The van der Waals surface area contributed by atoms with Crippen molar-refractivity contribution in [2.75, 3.05) is 5.88 Å². The van der Waals surface area contributed by atoms with Crippen LogP contribution in [0.5, 0.6) is 0 Å². The number of rotatable bonds is 9. The molecular formula is C16H22ClF3Si. The molecule has 0 heterocycles. The van der Waals surface area contributed by atoms with Crippen molar-refractivity contribution in [3.63, 3.8) is 0 Å². The van der Waals surface area contributed by atoms with E-state index in [2.05, 4.69) is 6.08 Å². The van der Waals surface area contributed by atoms with Crippen molar-refractivity contribution in [2.45, 2.75) is 44.3 Å². The van der Waals surface area contributed by atoms with Crippen LogP contribution in [0.1, 0.15) is 37.7 Å². The van der Waals surface area contributed by atoms with E-state index in [0.29, 0.717) is 5.19 Å². The van der Waals surface area contributed by atoms with E-state index in [1.807, 2.05) is 6.08 Å². The molecule has 0 radical (unpaired) electrons. The molecule has 0 unspecified atom stereocenters. The van der Waals surface area contributed by atoms with Crippen LogP contribution in [0.15, 0.2) is 36.4 Å². The van der Waals surface area contributed by atoms with Gasteiger partial charge in [-0.1, -0.05) is 54.4 Å². The smallest absolute Gasteiger partial charge is 0.166 e. The maximum absolute atomic E-state index is 12.8. The minimum atomic E-state index is -4.23. The molecule has 0 fully saturated rings. The number of alkyl halides is 4. The normalized spacial score (nSPS) is 12.8. The predicted octanol–water partition coefficient (Wildman–Crippen LogP) is 4.66. The summed E-state index contributed by atoms with van der Waals surface area (Å²) in [5.74, 6) is 0.722. The fraction of sp³-hybridized carbons (Fsp3) is 0.500. The van der Waals surface area contributed by atoms with Crippen molar-refractivity contribution in [3.8, 4) is 0 Å². The fourth-order valence-corrected chi connectivity index (χ4v) is 3.99. The highest BCUT2D eigenvalue weighted by Gasteiger charge is 2.32. The Bertz CT molecular complexity index is 430. The van der Waals surface area contributed by atoms with Gasteiger partial charge in [0.15, 0.2) is 0 Å². The summed E-state index contributed by atoms with van der Waals surface area (Å²) in [6.07, 6.45) is 5.45. The highest BCUT2D eigenvalue weighted by Crippen LogP contribution is 2.27. The van der Waals surface area contributed by atoms with Crippen LogP contribution in [0.2, 0.25) is 6.04 Å². The van der Waals surface area contributed by atoms with Crippen LogP contribution in [0, 0.1) is 0 Å². The molecule has 1 aromatic carbocycles. The van der Waals surface area contributed by atoms with Gasteiger partial charge in [-0.2, -0.15) is 13.2 Å². The summed E-state index contributed by atoms with van der Waals surface area (Å²) in [5, 5.41) is 0.511. The van der Waals surface area contributed by atoms with Gasteiger partial charge in [0, 0.05) is 5.88 Å². The summed E-state index contributed by atoms with van der Waals surface area (Å²) < 4.78 is 38.5. The zero-order valence-electron chi connectivity index (χ0n) is 12.1. The first-order valence-electron chi connectivity index (χ1n) is 7.41. The van der Waals surface area contributed by atoms with Crippen LogP contribution >= 0.6 is 11.6 Å². The molecule has 0 aliphatic carbocycles. The van der Waals surface area contributed by atoms with Crippen LogP contribution in [0.4, 0.5) is 13.2 Å². The fourth-order valence-electron chi connectivity index (χ4n) is 2.20. The first-order valence-corrected chi connectivity index (χ1v) is 9.66. The molecule has 1 rings (SSSR count). The lowest BCUT2D eigenvalue weighted by Gasteiger charge is -2.11. The van der Waals surface area contributed by atoms with E-state index in [9.17, 15) is 13.2 Å².